The average molecular weight is 518 g/mol. The van der Waals surface area contributed by atoms with E-state index in [-0.39, 0.29) is 27.9 Å². The Morgan fingerprint density at radius 3 is 2.35 bits per heavy atom. The van der Waals surface area contributed by atoms with Crippen LogP contribution in [0.2, 0.25) is 5.02 Å². The molecule has 188 valence electrons. The van der Waals surface area contributed by atoms with Crippen molar-refractivity contribution in [1.29, 1.82) is 0 Å². The molecule has 1 aromatic heterocycles. The van der Waals surface area contributed by atoms with Crippen LogP contribution in [0, 0.1) is 13.8 Å². The number of H-pyrrole nitrogens is 1. The summed E-state index contributed by atoms with van der Waals surface area (Å²) in [7, 11) is 3.03. The number of hydrogen-bond acceptors (Lipinski definition) is 6. The first kappa shape index (κ1) is 24.4. The lowest BCUT2D eigenvalue weighted by molar-refractivity contribution is -0.132. The molecule has 1 fully saturated rings. The van der Waals surface area contributed by atoms with E-state index in [1.807, 2.05) is 26.0 Å². The molecule has 0 saturated carbocycles. The number of aryl methyl sites for hydroxylation is 2. The molecule has 1 aliphatic heterocycles. The summed E-state index contributed by atoms with van der Waals surface area (Å²) in [6, 6.07) is 14.5. The molecule has 0 radical (unpaired) electrons. The lowest BCUT2D eigenvalue weighted by Crippen LogP contribution is -2.30. The first-order valence-corrected chi connectivity index (χ1v) is 11.9. The minimum Gasteiger partial charge on any atom is -0.507 e. The van der Waals surface area contributed by atoms with Crippen molar-refractivity contribution in [3.05, 3.63) is 87.4 Å². The summed E-state index contributed by atoms with van der Waals surface area (Å²) < 4.78 is 10.5. The van der Waals surface area contributed by atoms with Crippen LogP contribution in [-0.2, 0) is 9.59 Å². The number of Topliss-reactive ketones (excluding diaryl/α,β-unsaturated/α-hetero) is 1. The summed E-state index contributed by atoms with van der Waals surface area (Å²) >= 11 is 6.28. The maximum Gasteiger partial charge on any atom is 0.302 e. The van der Waals surface area contributed by atoms with Gasteiger partial charge >= 0.3 is 5.91 Å². The highest BCUT2D eigenvalue weighted by atomic mass is 35.5. The molecule has 3 aromatic carbocycles. The summed E-state index contributed by atoms with van der Waals surface area (Å²) in [6.45, 7) is 3.96. The number of aromatic nitrogens is 2. The number of fused-ring (bicyclic) bond motifs is 1. The van der Waals surface area contributed by atoms with Gasteiger partial charge in [0.2, 0.25) is 5.95 Å². The number of benzene rings is 3. The molecule has 8 nitrogen and oxygen atoms in total. The molecule has 2 heterocycles. The summed E-state index contributed by atoms with van der Waals surface area (Å²) in [5.74, 6) is -0.771. The van der Waals surface area contributed by atoms with Crippen LogP contribution in [0.5, 0.6) is 11.5 Å². The number of rotatable bonds is 5. The third-order valence-electron chi connectivity index (χ3n) is 6.61. The van der Waals surface area contributed by atoms with Crippen molar-refractivity contribution in [3.63, 3.8) is 0 Å². The molecule has 5 rings (SSSR count). The van der Waals surface area contributed by atoms with E-state index >= 15 is 0 Å². The number of carbonyl (C=O) groups excluding carboxylic acids is 2. The van der Waals surface area contributed by atoms with E-state index in [4.69, 9.17) is 21.1 Å². The smallest absolute Gasteiger partial charge is 0.302 e. The van der Waals surface area contributed by atoms with Crippen LogP contribution in [0.15, 0.2) is 60.2 Å². The second-order valence-corrected chi connectivity index (χ2v) is 9.21. The van der Waals surface area contributed by atoms with Crippen LogP contribution in [-0.4, -0.2) is 41.0 Å². The number of amides is 1. The SMILES string of the molecule is COc1ccc(C2/C(=C(\O)c3ccc(OC)c(Cl)c3)C(=O)C(=O)N2c2nc3cc(C)c(C)cc3[nH]2)cc1. The number of halogens is 1. The first-order chi connectivity index (χ1) is 17.7. The normalized spacial score (nSPS) is 17.0. The van der Waals surface area contributed by atoms with Gasteiger partial charge in [0.25, 0.3) is 5.78 Å². The predicted molar refractivity (Wildman–Crippen MR) is 141 cm³/mol. The van der Waals surface area contributed by atoms with Gasteiger partial charge in [-0.05, 0) is 73.0 Å². The van der Waals surface area contributed by atoms with Gasteiger partial charge in [-0.1, -0.05) is 23.7 Å². The predicted octanol–water partition coefficient (Wildman–Crippen LogP) is 5.48. The number of aliphatic hydroxyl groups excluding tert-OH is 1. The number of anilines is 1. The zero-order chi connectivity index (χ0) is 26.4. The highest BCUT2D eigenvalue weighted by molar-refractivity contribution is 6.51. The van der Waals surface area contributed by atoms with Gasteiger partial charge < -0.3 is 19.6 Å². The minimum atomic E-state index is -0.950. The zero-order valence-electron chi connectivity index (χ0n) is 20.6. The number of nitrogens with one attached hydrogen (secondary N) is 1. The summed E-state index contributed by atoms with van der Waals surface area (Å²) in [5, 5.41) is 11.6. The molecular weight excluding hydrogens is 494 g/mol. The van der Waals surface area contributed by atoms with Gasteiger partial charge in [-0.15, -0.1) is 0 Å². The number of methoxy groups -OCH3 is 2. The molecule has 37 heavy (non-hydrogen) atoms. The van der Waals surface area contributed by atoms with Crippen molar-refractivity contribution in [2.75, 3.05) is 19.1 Å². The molecule has 1 amide bonds. The number of aromatic amines is 1. The largest absolute Gasteiger partial charge is 0.507 e. The van der Waals surface area contributed by atoms with E-state index in [2.05, 4.69) is 9.97 Å². The minimum absolute atomic E-state index is 0.0794. The van der Waals surface area contributed by atoms with Crippen LogP contribution in [0.4, 0.5) is 5.95 Å². The van der Waals surface area contributed by atoms with E-state index in [9.17, 15) is 14.7 Å². The topological polar surface area (TPSA) is 105 Å². The van der Waals surface area contributed by atoms with Crippen LogP contribution >= 0.6 is 11.6 Å². The highest BCUT2D eigenvalue weighted by Crippen LogP contribution is 2.42. The van der Waals surface area contributed by atoms with Crippen molar-refractivity contribution in [3.8, 4) is 11.5 Å². The Morgan fingerprint density at radius 1 is 1.00 bits per heavy atom. The second kappa shape index (κ2) is 9.29. The fourth-order valence-electron chi connectivity index (χ4n) is 4.49. The Bertz CT molecular complexity index is 1550. The number of ether oxygens (including phenoxy) is 2. The molecule has 1 saturated heterocycles. The van der Waals surface area contributed by atoms with Gasteiger partial charge in [0.05, 0.1) is 41.9 Å². The molecule has 1 aliphatic rings. The van der Waals surface area contributed by atoms with Gasteiger partial charge in [-0.2, -0.15) is 0 Å². The van der Waals surface area contributed by atoms with Gasteiger partial charge in [0.15, 0.2) is 0 Å². The Balaban J connectivity index is 1.72. The molecule has 4 aromatic rings. The number of imidazole rings is 1. The monoisotopic (exact) mass is 517 g/mol. The summed E-state index contributed by atoms with van der Waals surface area (Å²) in [6.07, 6.45) is 0. The fourth-order valence-corrected chi connectivity index (χ4v) is 4.75. The Labute approximate surface area is 218 Å². The molecule has 2 N–H and O–H groups in total. The third kappa shape index (κ3) is 4.09. The number of nitrogens with zero attached hydrogens (tertiary/aromatic N) is 2. The first-order valence-electron chi connectivity index (χ1n) is 11.5. The van der Waals surface area contributed by atoms with E-state index in [1.54, 1.807) is 43.5 Å². The molecular formula is C28H24ClN3O5. The van der Waals surface area contributed by atoms with Gasteiger partial charge in [-0.25, -0.2) is 4.98 Å². The molecule has 1 unspecified atom stereocenters. The maximum absolute atomic E-state index is 13.4. The van der Waals surface area contributed by atoms with E-state index in [0.717, 1.165) is 16.6 Å². The number of hydrogen-bond donors (Lipinski definition) is 2. The molecule has 0 aliphatic carbocycles. The Hall–Kier alpha value is -4.30. The highest BCUT2D eigenvalue weighted by Gasteiger charge is 2.48. The van der Waals surface area contributed by atoms with Crippen LogP contribution < -0.4 is 14.4 Å². The zero-order valence-corrected chi connectivity index (χ0v) is 21.4. The Morgan fingerprint density at radius 2 is 1.70 bits per heavy atom. The lowest BCUT2D eigenvalue weighted by atomic mass is 9.95. The van der Waals surface area contributed by atoms with E-state index in [1.165, 1.54) is 18.1 Å². The second-order valence-electron chi connectivity index (χ2n) is 8.81. The molecule has 1 atom stereocenters. The third-order valence-corrected chi connectivity index (χ3v) is 6.91. The Kier molecular flexibility index (Phi) is 6.13. The lowest BCUT2D eigenvalue weighted by Gasteiger charge is -2.23. The number of aliphatic hydroxyl groups is 1. The molecule has 9 heteroatoms. The fraction of sp³-hybridized carbons (Fsp3) is 0.179. The van der Waals surface area contributed by atoms with Crippen LogP contribution in [0.1, 0.15) is 28.3 Å². The summed E-state index contributed by atoms with van der Waals surface area (Å²) in [5.41, 5.74) is 4.30. The molecule has 0 bridgehead atoms. The standard InChI is InChI=1S/C28H24ClN3O5/c1-14-11-20-21(12-15(14)2)31-28(30-20)32-24(16-5-8-18(36-3)9-6-16)23(26(34)27(32)35)25(33)17-7-10-22(37-4)19(29)13-17/h5-13,24,33H,1-4H3,(H,30,31)/b25-23+. The van der Waals surface area contributed by atoms with Gasteiger partial charge in [-0.3, -0.25) is 14.5 Å². The van der Waals surface area contributed by atoms with Crippen LogP contribution in [0.25, 0.3) is 16.8 Å². The van der Waals surface area contributed by atoms with Gasteiger partial charge in [0.1, 0.15) is 17.3 Å². The van der Waals surface area contributed by atoms with E-state index < -0.39 is 17.7 Å². The quantitative estimate of drug-likeness (QED) is 0.206. The van der Waals surface area contributed by atoms with Crippen molar-refractivity contribution < 1.29 is 24.2 Å². The van der Waals surface area contributed by atoms with Crippen molar-refractivity contribution in [1.82, 2.24) is 9.97 Å². The van der Waals surface area contributed by atoms with Crippen molar-refractivity contribution >= 4 is 46.0 Å². The van der Waals surface area contributed by atoms with Crippen molar-refractivity contribution in [2.45, 2.75) is 19.9 Å². The average Bonchev–Trinajstić information content (AvgIpc) is 3.41. The van der Waals surface area contributed by atoms with Crippen LogP contribution in [0.3, 0.4) is 0 Å². The number of ketones is 1. The maximum atomic E-state index is 13.4. The van der Waals surface area contributed by atoms with E-state index in [0.29, 0.717) is 22.6 Å². The number of carbonyl (C=O) groups is 2. The summed E-state index contributed by atoms with van der Waals surface area (Å²) in [4.78, 5) is 35.9. The van der Waals surface area contributed by atoms with Gasteiger partial charge in [0, 0.05) is 5.56 Å². The molecule has 0 spiro atoms. The van der Waals surface area contributed by atoms with Crippen molar-refractivity contribution in [2.24, 2.45) is 0 Å².